The Kier molecular flexibility index (Phi) is 5.62. The second-order valence-electron chi connectivity index (χ2n) is 7.02. The van der Waals surface area contributed by atoms with Gasteiger partial charge >= 0.3 is 0 Å². The van der Waals surface area contributed by atoms with Crippen LogP contribution in [0.2, 0.25) is 0 Å². The van der Waals surface area contributed by atoms with Gasteiger partial charge in [0.25, 0.3) is 0 Å². The highest BCUT2D eigenvalue weighted by atomic mass is 32.1. The lowest BCUT2D eigenvalue weighted by atomic mass is 10.1. The van der Waals surface area contributed by atoms with Crippen LogP contribution < -0.4 is 10.1 Å². The van der Waals surface area contributed by atoms with E-state index < -0.39 is 0 Å². The zero-order valence-corrected chi connectivity index (χ0v) is 17.3. The number of nitrogens with one attached hydrogen (secondary N) is 1. The van der Waals surface area contributed by atoms with Crippen molar-refractivity contribution in [1.29, 1.82) is 0 Å². The topological polar surface area (TPSA) is 56.2 Å². The number of amides is 1. The molecule has 0 atom stereocenters. The minimum absolute atomic E-state index is 0.0467. The molecule has 0 spiro atoms. The molecule has 0 radical (unpaired) electrons. The Morgan fingerprint density at radius 1 is 1.14 bits per heavy atom. The number of hydrogen-bond donors (Lipinski definition) is 1. The molecule has 0 bridgehead atoms. The number of fused-ring (bicyclic) bond motifs is 1. The first-order chi connectivity index (χ1) is 14.1. The molecule has 148 valence electrons. The van der Waals surface area contributed by atoms with Gasteiger partial charge < -0.3 is 14.6 Å². The molecule has 0 aliphatic heterocycles. The van der Waals surface area contributed by atoms with Gasteiger partial charge in [0.1, 0.15) is 24.7 Å². The largest absolute Gasteiger partial charge is 0.485 e. The molecule has 0 saturated heterocycles. The van der Waals surface area contributed by atoms with E-state index in [1.165, 1.54) is 0 Å². The van der Waals surface area contributed by atoms with Crippen LogP contribution in [0.25, 0.3) is 11.0 Å². The van der Waals surface area contributed by atoms with Crippen LogP contribution in [0.3, 0.4) is 0 Å². The second kappa shape index (κ2) is 8.49. The summed E-state index contributed by atoms with van der Waals surface area (Å²) in [5, 5.41) is 5.00. The molecule has 0 fully saturated rings. The molecular weight excluding hydrogens is 382 g/mol. The highest BCUT2D eigenvalue weighted by Crippen LogP contribution is 2.22. The Labute approximate surface area is 174 Å². The Morgan fingerprint density at radius 3 is 2.83 bits per heavy atom. The van der Waals surface area contributed by atoms with E-state index in [-0.39, 0.29) is 12.5 Å². The minimum Gasteiger partial charge on any atom is -0.485 e. The number of aromatic nitrogens is 2. The molecule has 0 saturated carbocycles. The lowest BCUT2D eigenvalue weighted by Gasteiger charge is -2.12. The minimum atomic E-state index is -0.0467. The number of aryl methyl sites for hydroxylation is 2. The van der Waals surface area contributed by atoms with E-state index in [0.717, 1.165) is 38.6 Å². The number of para-hydroxylation sites is 2. The molecule has 4 rings (SSSR count). The van der Waals surface area contributed by atoms with Gasteiger partial charge in [0.15, 0.2) is 0 Å². The monoisotopic (exact) mass is 405 g/mol. The van der Waals surface area contributed by atoms with Gasteiger partial charge in [-0.25, -0.2) is 4.98 Å². The molecule has 5 nitrogen and oxygen atoms in total. The quantitative estimate of drug-likeness (QED) is 0.488. The van der Waals surface area contributed by atoms with Crippen molar-refractivity contribution < 1.29 is 9.53 Å². The maximum absolute atomic E-state index is 12.6. The summed E-state index contributed by atoms with van der Waals surface area (Å²) >= 11 is 1.63. The zero-order chi connectivity index (χ0) is 20.2. The molecular formula is C23H23N3O2S. The van der Waals surface area contributed by atoms with Crippen LogP contribution in [0, 0.1) is 13.8 Å². The van der Waals surface area contributed by atoms with Crippen molar-refractivity contribution in [2.75, 3.05) is 0 Å². The van der Waals surface area contributed by atoms with E-state index in [0.29, 0.717) is 13.2 Å². The van der Waals surface area contributed by atoms with Gasteiger partial charge in [0.2, 0.25) is 5.91 Å². The van der Waals surface area contributed by atoms with Gasteiger partial charge in [-0.15, -0.1) is 11.3 Å². The van der Waals surface area contributed by atoms with Gasteiger partial charge in [-0.2, -0.15) is 0 Å². The van der Waals surface area contributed by atoms with Crippen molar-refractivity contribution in [3.05, 3.63) is 81.8 Å². The fraction of sp³-hybridized carbons (Fsp3) is 0.217. The van der Waals surface area contributed by atoms with E-state index >= 15 is 0 Å². The van der Waals surface area contributed by atoms with Crippen molar-refractivity contribution in [3.8, 4) is 5.75 Å². The zero-order valence-electron chi connectivity index (χ0n) is 16.5. The smallest absolute Gasteiger partial charge is 0.240 e. The van der Waals surface area contributed by atoms with Gasteiger partial charge in [-0.05, 0) is 54.6 Å². The van der Waals surface area contributed by atoms with Crippen molar-refractivity contribution in [1.82, 2.24) is 14.9 Å². The first-order valence-corrected chi connectivity index (χ1v) is 10.4. The number of ether oxygens (including phenoxy) is 1. The van der Waals surface area contributed by atoms with Crippen LogP contribution in [0.15, 0.2) is 60.0 Å². The Bertz CT molecular complexity index is 1130. The van der Waals surface area contributed by atoms with E-state index in [4.69, 9.17) is 9.72 Å². The molecule has 4 aromatic rings. The number of carbonyl (C=O) groups is 1. The number of benzene rings is 2. The molecule has 6 heteroatoms. The normalized spacial score (nSPS) is 11.0. The molecule has 0 aliphatic carbocycles. The average molecular weight is 406 g/mol. The highest BCUT2D eigenvalue weighted by Gasteiger charge is 2.14. The average Bonchev–Trinajstić information content (AvgIpc) is 3.35. The lowest BCUT2D eigenvalue weighted by Crippen LogP contribution is -2.27. The van der Waals surface area contributed by atoms with E-state index in [1.54, 1.807) is 11.3 Å². The Balaban J connectivity index is 1.53. The van der Waals surface area contributed by atoms with Crippen LogP contribution in [-0.2, 0) is 24.5 Å². The third-order valence-electron chi connectivity index (χ3n) is 4.78. The van der Waals surface area contributed by atoms with Crippen LogP contribution in [0.5, 0.6) is 5.75 Å². The van der Waals surface area contributed by atoms with E-state index in [2.05, 4.69) is 11.4 Å². The van der Waals surface area contributed by atoms with E-state index in [9.17, 15) is 4.79 Å². The summed E-state index contributed by atoms with van der Waals surface area (Å²) in [6.45, 7) is 5.11. The molecule has 2 aromatic carbocycles. The van der Waals surface area contributed by atoms with Crippen LogP contribution in [0.1, 0.15) is 21.8 Å². The number of thiophene rings is 1. The molecule has 1 N–H and O–H groups in total. The maximum Gasteiger partial charge on any atom is 0.240 e. The molecule has 29 heavy (non-hydrogen) atoms. The van der Waals surface area contributed by atoms with Crippen molar-refractivity contribution in [3.63, 3.8) is 0 Å². The molecule has 2 aromatic heterocycles. The van der Waals surface area contributed by atoms with Crippen LogP contribution in [0.4, 0.5) is 0 Å². The maximum atomic E-state index is 12.6. The number of carbonyl (C=O) groups excluding carboxylic acids is 1. The second-order valence-corrected chi connectivity index (χ2v) is 8.05. The van der Waals surface area contributed by atoms with Crippen molar-refractivity contribution in [2.24, 2.45) is 0 Å². The first-order valence-electron chi connectivity index (χ1n) is 9.53. The Morgan fingerprint density at radius 2 is 2.00 bits per heavy atom. The summed E-state index contributed by atoms with van der Waals surface area (Å²) in [6, 6.07) is 18.0. The van der Waals surface area contributed by atoms with Crippen molar-refractivity contribution >= 4 is 28.3 Å². The Hall–Kier alpha value is -3.12. The van der Waals surface area contributed by atoms with Gasteiger partial charge in [-0.1, -0.05) is 30.3 Å². The summed E-state index contributed by atoms with van der Waals surface area (Å²) in [5.41, 5.74) is 4.01. The summed E-state index contributed by atoms with van der Waals surface area (Å²) in [7, 11) is 0. The summed E-state index contributed by atoms with van der Waals surface area (Å²) in [6.07, 6.45) is 0. The SMILES string of the molecule is Cc1ccc(C)c(OCc2nc3ccccc3n2CC(=O)NCc2cccs2)c1. The van der Waals surface area contributed by atoms with Gasteiger partial charge in [-0.3, -0.25) is 4.79 Å². The predicted octanol–water partition coefficient (Wildman–Crippen LogP) is 4.61. The summed E-state index contributed by atoms with van der Waals surface area (Å²) in [5.74, 6) is 1.53. The third kappa shape index (κ3) is 4.49. The van der Waals surface area contributed by atoms with Crippen LogP contribution in [-0.4, -0.2) is 15.5 Å². The van der Waals surface area contributed by atoms with Gasteiger partial charge in [0.05, 0.1) is 17.6 Å². The summed E-state index contributed by atoms with van der Waals surface area (Å²) in [4.78, 5) is 18.4. The number of rotatable bonds is 7. The van der Waals surface area contributed by atoms with Crippen molar-refractivity contribution in [2.45, 2.75) is 33.5 Å². The predicted molar refractivity (Wildman–Crippen MR) is 116 cm³/mol. The summed E-state index contributed by atoms with van der Waals surface area (Å²) < 4.78 is 8.00. The number of imidazole rings is 1. The van der Waals surface area contributed by atoms with Gasteiger partial charge in [0, 0.05) is 4.88 Å². The molecule has 0 aliphatic rings. The molecule has 0 unspecified atom stereocenters. The highest BCUT2D eigenvalue weighted by molar-refractivity contribution is 7.09. The fourth-order valence-electron chi connectivity index (χ4n) is 3.22. The third-order valence-corrected chi connectivity index (χ3v) is 5.65. The fourth-order valence-corrected chi connectivity index (χ4v) is 3.86. The first kappa shape index (κ1) is 19.2. The lowest BCUT2D eigenvalue weighted by molar-refractivity contribution is -0.121. The molecule has 2 heterocycles. The number of hydrogen-bond acceptors (Lipinski definition) is 4. The molecule has 1 amide bonds. The standard InChI is InChI=1S/C23H23N3O2S/c1-16-9-10-17(2)21(12-16)28-15-22-25-19-7-3-4-8-20(19)26(22)14-23(27)24-13-18-6-5-11-29-18/h3-12H,13-15H2,1-2H3,(H,24,27). The van der Waals surface area contributed by atoms with Crippen LogP contribution >= 0.6 is 11.3 Å². The van der Waals surface area contributed by atoms with E-state index in [1.807, 2.05) is 72.3 Å². The number of nitrogens with zero attached hydrogens (tertiary/aromatic N) is 2.